The van der Waals surface area contributed by atoms with E-state index in [4.69, 9.17) is 16.3 Å². The van der Waals surface area contributed by atoms with Crippen LogP contribution in [0.15, 0.2) is 48.6 Å². The van der Waals surface area contributed by atoms with Gasteiger partial charge in [-0.3, -0.25) is 9.59 Å². The fraction of sp³-hybridized carbons (Fsp3) is 0.515. The Morgan fingerprint density at radius 1 is 1.16 bits per heavy atom. The van der Waals surface area contributed by atoms with Gasteiger partial charge in [-0.25, -0.2) is 13.1 Å². The van der Waals surface area contributed by atoms with Crippen molar-refractivity contribution in [2.75, 3.05) is 24.6 Å². The van der Waals surface area contributed by atoms with Crippen LogP contribution >= 0.6 is 11.6 Å². The van der Waals surface area contributed by atoms with Crippen LogP contribution in [0.25, 0.3) is 0 Å². The van der Waals surface area contributed by atoms with Gasteiger partial charge in [-0.15, -0.1) is 0 Å². The first-order chi connectivity index (χ1) is 20.4. The lowest BCUT2D eigenvalue weighted by atomic mass is 9.64. The number of hydrogen-bond acceptors (Lipinski definition) is 7. The zero-order valence-electron chi connectivity index (χ0n) is 24.6. The van der Waals surface area contributed by atoms with Crippen LogP contribution in [-0.2, 0) is 26.7 Å². The highest BCUT2D eigenvalue weighted by atomic mass is 35.5. The first-order valence-corrected chi connectivity index (χ1v) is 17.1. The Kier molecular flexibility index (Phi) is 7.88. The number of aldehydes is 1. The van der Waals surface area contributed by atoms with Gasteiger partial charge >= 0.3 is 0 Å². The number of fused-ring (bicyclic) bond motifs is 4. The number of nitrogens with zero attached hydrogens (tertiary/aromatic N) is 1. The SMILES string of the molecule is C[C@@H]1[C@@H](C)C/C=C/[C@@](O)(C=O)[C@@H]2CC[C@H]2CN2C[C@@]3(CCCc4cc(Cl)ccc43)COc3ccc(cc32)C(=O)NS1(=O)=O. The van der Waals surface area contributed by atoms with Crippen molar-refractivity contribution in [1.29, 1.82) is 0 Å². The number of anilines is 1. The van der Waals surface area contributed by atoms with Gasteiger partial charge < -0.3 is 14.7 Å². The molecule has 0 radical (unpaired) electrons. The topological polar surface area (TPSA) is 113 Å². The molecule has 0 aromatic heterocycles. The Morgan fingerprint density at radius 3 is 2.72 bits per heavy atom. The highest BCUT2D eigenvalue weighted by molar-refractivity contribution is 7.90. The molecule has 1 saturated carbocycles. The molecule has 0 unspecified atom stereocenters. The van der Waals surface area contributed by atoms with Crippen LogP contribution < -0.4 is 14.4 Å². The predicted octanol–water partition coefficient (Wildman–Crippen LogP) is 4.81. The second-order valence-corrected chi connectivity index (χ2v) is 15.5. The van der Waals surface area contributed by atoms with E-state index in [1.54, 1.807) is 38.1 Å². The van der Waals surface area contributed by atoms with Crippen molar-refractivity contribution in [3.63, 3.8) is 0 Å². The maximum atomic E-state index is 13.3. The summed E-state index contributed by atoms with van der Waals surface area (Å²) in [6.07, 6.45) is 8.57. The van der Waals surface area contributed by atoms with Crippen molar-refractivity contribution in [3.8, 4) is 5.75 Å². The Balaban J connectivity index is 1.45. The molecule has 2 aromatic rings. The standard InChI is InChI=1S/C33H39ClN2O6S/c1-21-5-3-14-33(39,19-37)28-10-7-25(28)17-36-18-32(13-4-6-23-15-26(34)9-11-27(23)32)20-42-30-12-8-24(16-29(30)36)31(38)35-43(40,41)22(21)2/h3,8-9,11-12,14-16,19,21-22,25,28,39H,4-7,10,13,17-18,20H2,1-2H3,(H,35,38)/b14-3+/t21-,22+,25-,28+,32-,33+/m0/s1. The summed E-state index contributed by atoms with van der Waals surface area (Å²) in [7, 11) is -4.00. The molecule has 1 spiro atoms. The minimum absolute atomic E-state index is 0.0262. The number of carbonyl (C=O) groups excluding carboxylic acids is 2. The van der Waals surface area contributed by atoms with Crippen LogP contribution in [0.2, 0.25) is 5.02 Å². The van der Waals surface area contributed by atoms with Gasteiger partial charge in [0.25, 0.3) is 5.91 Å². The third-order valence-electron chi connectivity index (χ3n) is 10.4. The second-order valence-electron chi connectivity index (χ2n) is 13.0. The van der Waals surface area contributed by atoms with Crippen molar-refractivity contribution in [2.24, 2.45) is 17.8 Å². The number of hydrogen-bond donors (Lipinski definition) is 2. The molecule has 2 heterocycles. The predicted molar refractivity (Wildman–Crippen MR) is 166 cm³/mol. The summed E-state index contributed by atoms with van der Waals surface area (Å²) in [6.45, 7) is 4.93. The van der Waals surface area contributed by atoms with Gasteiger partial charge in [-0.1, -0.05) is 30.7 Å². The highest BCUT2D eigenvalue weighted by Crippen LogP contribution is 2.48. The average Bonchev–Trinajstić information content (AvgIpc) is 3.11. The monoisotopic (exact) mass is 626 g/mol. The quantitative estimate of drug-likeness (QED) is 0.345. The highest BCUT2D eigenvalue weighted by Gasteiger charge is 2.48. The van der Waals surface area contributed by atoms with E-state index in [1.807, 2.05) is 12.1 Å². The first kappa shape index (κ1) is 30.2. The van der Waals surface area contributed by atoms with Gasteiger partial charge in [-0.2, -0.15) is 0 Å². The molecule has 230 valence electrons. The number of aryl methyl sites for hydroxylation is 1. The van der Waals surface area contributed by atoms with Crippen LogP contribution in [0, 0.1) is 17.8 Å². The van der Waals surface area contributed by atoms with Gasteiger partial charge in [0.15, 0.2) is 6.29 Å². The molecule has 2 aromatic carbocycles. The number of carbonyl (C=O) groups is 2. The molecule has 4 aliphatic rings. The minimum atomic E-state index is -4.00. The van der Waals surface area contributed by atoms with Gasteiger partial charge in [0.2, 0.25) is 10.0 Å². The molecule has 8 nitrogen and oxygen atoms in total. The number of ether oxygens (including phenoxy) is 1. The van der Waals surface area contributed by atoms with E-state index >= 15 is 0 Å². The Labute approximate surface area is 258 Å². The number of sulfonamides is 1. The third kappa shape index (κ3) is 5.49. The largest absolute Gasteiger partial charge is 0.490 e. The molecular formula is C33H39ClN2O6S. The summed E-state index contributed by atoms with van der Waals surface area (Å²) < 4.78 is 35.2. The summed E-state index contributed by atoms with van der Waals surface area (Å²) in [5.74, 6) is -0.681. The van der Waals surface area contributed by atoms with Gasteiger partial charge in [0, 0.05) is 35.0 Å². The minimum Gasteiger partial charge on any atom is -0.490 e. The van der Waals surface area contributed by atoms with E-state index in [0.717, 1.165) is 25.7 Å². The van der Waals surface area contributed by atoms with Gasteiger partial charge in [-0.05, 0) is 105 Å². The number of amides is 1. The summed E-state index contributed by atoms with van der Waals surface area (Å²) in [4.78, 5) is 27.9. The number of benzene rings is 2. The Morgan fingerprint density at radius 2 is 1.98 bits per heavy atom. The smallest absolute Gasteiger partial charge is 0.264 e. The van der Waals surface area contributed by atoms with Crippen LogP contribution in [-0.4, -0.2) is 56.3 Å². The van der Waals surface area contributed by atoms with E-state index in [1.165, 1.54) is 17.2 Å². The van der Waals surface area contributed by atoms with Crippen molar-refractivity contribution >= 4 is 39.5 Å². The maximum Gasteiger partial charge on any atom is 0.264 e. The molecule has 2 bridgehead atoms. The van der Waals surface area contributed by atoms with Crippen LogP contribution in [0.5, 0.6) is 5.75 Å². The van der Waals surface area contributed by atoms with Crippen LogP contribution in [0.4, 0.5) is 5.69 Å². The molecular weight excluding hydrogens is 588 g/mol. The zero-order chi connectivity index (χ0) is 30.6. The van der Waals surface area contributed by atoms with Crippen molar-refractivity contribution in [3.05, 3.63) is 70.3 Å². The van der Waals surface area contributed by atoms with Crippen molar-refractivity contribution in [1.82, 2.24) is 4.72 Å². The molecule has 6 rings (SSSR count). The number of rotatable bonds is 1. The average molecular weight is 627 g/mol. The summed E-state index contributed by atoms with van der Waals surface area (Å²) >= 11 is 6.38. The van der Waals surface area contributed by atoms with Gasteiger partial charge in [0.05, 0.1) is 17.5 Å². The number of aliphatic hydroxyl groups is 1. The molecule has 1 amide bonds. The molecule has 2 aliphatic heterocycles. The third-order valence-corrected chi connectivity index (χ3v) is 12.5. The Hall–Kier alpha value is -2.88. The number of halogens is 1. The fourth-order valence-electron chi connectivity index (χ4n) is 7.44. The summed E-state index contributed by atoms with van der Waals surface area (Å²) in [6, 6.07) is 11.1. The van der Waals surface area contributed by atoms with Gasteiger partial charge in [0.1, 0.15) is 11.4 Å². The first-order valence-electron chi connectivity index (χ1n) is 15.2. The molecule has 6 atom stereocenters. The van der Waals surface area contributed by atoms with Crippen LogP contribution in [0.3, 0.4) is 0 Å². The van der Waals surface area contributed by atoms with Crippen molar-refractivity contribution in [2.45, 2.75) is 68.6 Å². The second kappa shape index (κ2) is 11.2. The van der Waals surface area contributed by atoms with E-state index in [-0.39, 0.29) is 28.7 Å². The molecule has 2 N–H and O–H groups in total. The normalized spacial score (nSPS) is 34.4. The lowest BCUT2D eigenvalue weighted by molar-refractivity contribution is -0.130. The molecule has 0 saturated heterocycles. The Bertz CT molecular complexity index is 1580. The molecule has 43 heavy (non-hydrogen) atoms. The number of allylic oxidation sites excluding steroid dienone is 1. The number of nitrogens with one attached hydrogen (secondary N) is 1. The zero-order valence-corrected chi connectivity index (χ0v) is 26.2. The summed E-state index contributed by atoms with van der Waals surface area (Å²) in [5, 5.41) is 11.3. The van der Waals surface area contributed by atoms with E-state index in [0.29, 0.717) is 55.3 Å². The van der Waals surface area contributed by atoms with E-state index in [2.05, 4.69) is 15.7 Å². The van der Waals surface area contributed by atoms with E-state index in [9.17, 15) is 23.1 Å². The lowest BCUT2D eigenvalue weighted by Gasteiger charge is -2.47. The summed E-state index contributed by atoms with van der Waals surface area (Å²) in [5.41, 5.74) is 1.35. The lowest BCUT2D eigenvalue weighted by Crippen LogP contribution is -2.53. The van der Waals surface area contributed by atoms with Crippen molar-refractivity contribution < 1.29 is 27.9 Å². The molecule has 10 heteroatoms. The fourth-order valence-corrected chi connectivity index (χ4v) is 8.91. The maximum absolute atomic E-state index is 13.3. The molecule has 1 fully saturated rings. The van der Waals surface area contributed by atoms with E-state index < -0.39 is 26.8 Å². The van der Waals surface area contributed by atoms with Crippen LogP contribution in [0.1, 0.15) is 67.4 Å². The molecule has 2 aliphatic carbocycles.